The van der Waals surface area contributed by atoms with Crippen LogP contribution in [0.3, 0.4) is 0 Å². The summed E-state index contributed by atoms with van der Waals surface area (Å²) >= 11 is 0. The third kappa shape index (κ3) is 6.98. The van der Waals surface area contributed by atoms with Gasteiger partial charge in [0.1, 0.15) is 6.04 Å². The van der Waals surface area contributed by atoms with E-state index >= 15 is 0 Å². The lowest BCUT2D eigenvalue weighted by atomic mass is 9.89. The molecule has 3 amide bonds. The van der Waals surface area contributed by atoms with Gasteiger partial charge in [0.25, 0.3) is 0 Å². The highest BCUT2D eigenvalue weighted by molar-refractivity contribution is 5.98. The first kappa shape index (κ1) is 28.4. The minimum absolute atomic E-state index is 0.192. The van der Waals surface area contributed by atoms with Crippen LogP contribution in [0, 0.1) is 0 Å². The van der Waals surface area contributed by atoms with E-state index in [1.165, 1.54) is 5.56 Å². The number of carbonyl (C=O) groups is 2. The van der Waals surface area contributed by atoms with E-state index in [1.807, 2.05) is 60.5 Å². The van der Waals surface area contributed by atoms with Crippen LogP contribution < -0.4 is 10.6 Å². The Hall–Kier alpha value is -4.10. The number of amides is 3. The Balaban J connectivity index is 1.32. The van der Waals surface area contributed by atoms with Crippen molar-refractivity contribution in [3.8, 4) is 0 Å². The summed E-state index contributed by atoms with van der Waals surface area (Å²) in [5.41, 5.74) is 5.23. The second-order valence-corrected chi connectivity index (χ2v) is 11.4. The van der Waals surface area contributed by atoms with Crippen LogP contribution in [-0.4, -0.2) is 66.5 Å². The fourth-order valence-electron chi connectivity index (χ4n) is 5.81. The number of carbonyl (C=O) groups excluding carboxylic acids is 2. The molecule has 3 aromatic carbocycles. The number of hydrogen-bond donors (Lipinski definition) is 3. The lowest BCUT2D eigenvalue weighted by Crippen LogP contribution is -2.53. The van der Waals surface area contributed by atoms with E-state index in [2.05, 4.69) is 71.0 Å². The fraction of sp³-hybridized carbons (Fsp3) is 0.353. The standard InChI is InChI=1S/C34H41N5O2/c1-24(30-23-35-31-15-8-7-14-29(30)31)32(33(40)36-28-13-9-10-25(22-28)16-19-38(2)3)37-34(41)39-20-17-27(18-21-39)26-11-5-4-6-12-26/h4-15,22-24,27,32,35H,16-21H2,1-3H3,(H,36,40)(H,37,41)/t24-,32-/m1/s1. The summed E-state index contributed by atoms with van der Waals surface area (Å²) in [4.78, 5) is 34.7. The van der Waals surface area contributed by atoms with Gasteiger partial charge in [-0.2, -0.15) is 0 Å². The molecule has 41 heavy (non-hydrogen) atoms. The van der Waals surface area contributed by atoms with Crippen LogP contribution >= 0.6 is 0 Å². The largest absolute Gasteiger partial charge is 0.361 e. The number of nitrogens with zero attached hydrogens (tertiary/aromatic N) is 2. The number of likely N-dealkylation sites (tertiary alicyclic amines) is 1. The van der Waals surface area contributed by atoms with Crippen molar-refractivity contribution < 1.29 is 9.59 Å². The number of nitrogens with one attached hydrogen (secondary N) is 3. The van der Waals surface area contributed by atoms with E-state index in [-0.39, 0.29) is 17.9 Å². The van der Waals surface area contributed by atoms with Gasteiger partial charge in [0.15, 0.2) is 0 Å². The van der Waals surface area contributed by atoms with Crippen molar-refractivity contribution in [2.24, 2.45) is 0 Å². The number of urea groups is 1. The summed E-state index contributed by atoms with van der Waals surface area (Å²) in [5, 5.41) is 7.28. The number of benzene rings is 3. The molecule has 0 bridgehead atoms. The molecule has 0 radical (unpaired) electrons. The van der Waals surface area contributed by atoms with Crippen LogP contribution in [-0.2, 0) is 11.2 Å². The summed E-state index contributed by atoms with van der Waals surface area (Å²) < 4.78 is 0. The van der Waals surface area contributed by atoms with Crippen molar-refractivity contribution in [1.29, 1.82) is 0 Å². The van der Waals surface area contributed by atoms with Crippen molar-refractivity contribution in [3.63, 3.8) is 0 Å². The summed E-state index contributed by atoms with van der Waals surface area (Å²) in [6.07, 6.45) is 4.66. The molecule has 1 aliphatic heterocycles. The molecule has 214 valence electrons. The highest BCUT2D eigenvalue weighted by Crippen LogP contribution is 2.30. The minimum Gasteiger partial charge on any atom is -0.361 e. The first-order chi connectivity index (χ1) is 19.9. The molecule has 1 aliphatic rings. The second-order valence-electron chi connectivity index (χ2n) is 11.4. The maximum absolute atomic E-state index is 13.9. The fourth-order valence-corrected chi connectivity index (χ4v) is 5.81. The molecular weight excluding hydrogens is 510 g/mol. The lowest BCUT2D eigenvalue weighted by molar-refractivity contribution is -0.118. The average Bonchev–Trinajstić information content (AvgIpc) is 3.43. The van der Waals surface area contributed by atoms with Gasteiger partial charge >= 0.3 is 6.03 Å². The number of para-hydroxylation sites is 1. The van der Waals surface area contributed by atoms with Crippen molar-refractivity contribution in [2.45, 2.75) is 44.1 Å². The third-order valence-corrected chi connectivity index (χ3v) is 8.27. The quantitative estimate of drug-likeness (QED) is 0.240. The number of anilines is 1. The summed E-state index contributed by atoms with van der Waals surface area (Å²) in [6.45, 7) is 4.26. The molecule has 0 unspecified atom stereocenters. The zero-order chi connectivity index (χ0) is 28.8. The number of aromatic amines is 1. The third-order valence-electron chi connectivity index (χ3n) is 8.27. The molecule has 5 rings (SSSR count). The summed E-state index contributed by atoms with van der Waals surface area (Å²) in [7, 11) is 4.10. The molecule has 7 heteroatoms. The molecule has 3 N–H and O–H groups in total. The van der Waals surface area contributed by atoms with Gasteiger partial charge in [0.2, 0.25) is 5.91 Å². The molecule has 7 nitrogen and oxygen atoms in total. The number of rotatable bonds is 9. The van der Waals surface area contributed by atoms with Crippen LogP contribution in [0.2, 0.25) is 0 Å². The number of H-pyrrole nitrogens is 1. The maximum atomic E-state index is 13.9. The molecule has 4 aromatic rings. The Bertz CT molecular complexity index is 1460. The van der Waals surface area contributed by atoms with Gasteiger partial charge in [-0.3, -0.25) is 4.79 Å². The van der Waals surface area contributed by atoms with Crippen LogP contribution in [0.4, 0.5) is 10.5 Å². The normalized spacial score (nSPS) is 15.6. The molecule has 2 atom stereocenters. The van der Waals surface area contributed by atoms with Gasteiger partial charge in [-0.25, -0.2) is 4.79 Å². The predicted octanol–water partition coefficient (Wildman–Crippen LogP) is 5.97. The van der Waals surface area contributed by atoms with Gasteiger partial charge in [-0.05, 0) is 74.2 Å². The van der Waals surface area contributed by atoms with E-state index in [0.29, 0.717) is 19.0 Å². The number of hydrogen-bond acceptors (Lipinski definition) is 3. The summed E-state index contributed by atoms with van der Waals surface area (Å²) in [5.74, 6) is -0.0294. The Morgan fingerprint density at radius 3 is 2.46 bits per heavy atom. The first-order valence-corrected chi connectivity index (χ1v) is 14.6. The molecule has 0 saturated carbocycles. The summed E-state index contributed by atoms with van der Waals surface area (Å²) in [6, 6.07) is 25.6. The number of likely N-dealkylation sites (N-methyl/N-ethyl adjacent to an activating group) is 1. The molecule has 1 saturated heterocycles. The topological polar surface area (TPSA) is 80.5 Å². The van der Waals surface area contributed by atoms with E-state index in [4.69, 9.17) is 0 Å². The van der Waals surface area contributed by atoms with E-state index in [0.717, 1.165) is 53.5 Å². The molecule has 0 aliphatic carbocycles. The Kier molecular flexibility index (Phi) is 9.04. The number of fused-ring (bicyclic) bond motifs is 1. The van der Waals surface area contributed by atoms with Crippen LogP contribution in [0.25, 0.3) is 10.9 Å². The van der Waals surface area contributed by atoms with Crippen LogP contribution in [0.1, 0.15) is 48.3 Å². The maximum Gasteiger partial charge on any atom is 0.318 e. The SMILES string of the molecule is C[C@H](c1c[nH]c2ccccc12)[C@@H](NC(=O)N1CCC(c2ccccc2)CC1)C(=O)Nc1cccc(CCN(C)C)c1. The Morgan fingerprint density at radius 1 is 0.976 bits per heavy atom. The van der Waals surface area contributed by atoms with Gasteiger partial charge < -0.3 is 25.4 Å². The smallest absolute Gasteiger partial charge is 0.318 e. The van der Waals surface area contributed by atoms with Gasteiger partial charge in [-0.1, -0.05) is 67.6 Å². The van der Waals surface area contributed by atoms with Crippen molar-refractivity contribution in [2.75, 3.05) is 39.0 Å². The average molecular weight is 552 g/mol. The molecular formula is C34H41N5O2. The van der Waals surface area contributed by atoms with Crippen molar-refractivity contribution in [1.82, 2.24) is 20.1 Å². The zero-order valence-corrected chi connectivity index (χ0v) is 24.3. The van der Waals surface area contributed by atoms with Crippen molar-refractivity contribution >= 4 is 28.5 Å². The molecule has 2 heterocycles. The van der Waals surface area contributed by atoms with Crippen molar-refractivity contribution in [3.05, 3.63) is 102 Å². The predicted molar refractivity (Wildman–Crippen MR) is 166 cm³/mol. The first-order valence-electron chi connectivity index (χ1n) is 14.6. The van der Waals surface area contributed by atoms with E-state index in [1.54, 1.807) is 0 Å². The van der Waals surface area contributed by atoms with Crippen LogP contribution in [0.5, 0.6) is 0 Å². The lowest BCUT2D eigenvalue weighted by Gasteiger charge is -2.34. The Morgan fingerprint density at radius 2 is 1.71 bits per heavy atom. The highest BCUT2D eigenvalue weighted by atomic mass is 16.2. The van der Waals surface area contributed by atoms with Gasteiger partial charge in [0, 0.05) is 48.3 Å². The molecule has 1 fully saturated rings. The second kappa shape index (κ2) is 13.0. The van der Waals surface area contributed by atoms with E-state index < -0.39 is 6.04 Å². The zero-order valence-electron chi connectivity index (χ0n) is 24.3. The van der Waals surface area contributed by atoms with E-state index in [9.17, 15) is 9.59 Å². The highest BCUT2D eigenvalue weighted by Gasteiger charge is 2.32. The van der Waals surface area contributed by atoms with Gasteiger partial charge in [0.05, 0.1) is 0 Å². The van der Waals surface area contributed by atoms with Crippen LogP contribution in [0.15, 0.2) is 85.1 Å². The van der Waals surface area contributed by atoms with Gasteiger partial charge in [-0.15, -0.1) is 0 Å². The monoisotopic (exact) mass is 551 g/mol. The Labute approximate surface area is 242 Å². The molecule has 1 aromatic heterocycles. The molecule has 0 spiro atoms. The number of aromatic nitrogens is 1. The number of piperidine rings is 1. The minimum atomic E-state index is -0.751.